The molecule has 0 aromatic heterocycles. The Morgan fingerprint density at radius 3 is 2.86 bits per heavy atom. The highest BCUT2D eigenvalue weighted by Gasteiger charge is 2.09. The molecule has 0 spiro atoms. The molecular formula is C12H14FO. The molecule has 2 heteroatoms. The highest BCUT2D eigenvalue weighted by Crippen LogP contribution is 2.27. The smallest absolute Gasteiger partial charge is 0.123 e. The van der Waals surface area contributed by atoms with Crippen molar-refractivity contribution in [1.29, 1.82) is 0 Å². The van der Waals surface area contributed by atoms with Crippen LogP contribution in [-0.4, -0.2) is 6.61 Å². The number of ether oxygens (including phenoxy) is 1. The zero-order valence-corrected chi connectivity index (χ0v) is 8.29. The molecule has 0 saturated heterocycles. The predicted octanol–water partition coefficient (Wildman–Crippen LogP) is 3.33. The van der Waals surface area contributed by atoms with E-state index in [9.17, 15) is 4.39 Å². The van der Waals surface area contributed by atoms with E-state index in [1.165, 1.54) is 12.1 Å². The van der Waals surface area contributed by atoms with Crippen LogP contribution in [0.5, 0.6) is 5.75 Å². The lowest BCUT2D eigenvalue weighted by atomic mass is 10.0. The fourth-order valence-corrected chi connectivity index (χ4v) is 1.22. The van der Waals surface area contributed by atoms with Gasteiger partial charge in [-0.3, -0.25) is 0 Å². The van der Waals surface area contributed by atoms with Gasteiger partial charge in [0.1, 0.15) is 11.6 Å². The maximum Gasteiger partial charge on any atom is 0.123 e. The molecule has 0 aliphatic rings. The molecule has 0 fully saturated rings. The molecule has 14 heavy (non-hydrogen) atoms. The Morgan fingerprint density at radius 2 is 2.29 bits per heavy atom. The lowest BCUT2D eigenvalue weighted by Gasteiger charge is -2.13. The van der Waals surface area contributed by atoms with Gasteiger partial charge >= 0.3 is 0 Å². The predicted molar refractivity (Wildman–Crippen MR) is 55.9 cm³/mol. The molecule has 0 heterocycles. The normalized spacial score (nSPS) is 12.2. The van der Waals surface area contributed by atoms with Crippen molar-refractivity contribution in [1.82, 2.24) is 0 Å². The van der Waals surface area contributed by atoms with E-state index in [-0.39, 0.29) is 11.7 Å². The lowest BCUT2D eigenvalue weighted by Crippen LogP contribution is -1.99. The zero-order chi connectivity index (χ0) is 10.6. The highest BCUT2D eigenvalue weighted by molar-refractivity contribution is 5.39. The van der Waals surface area contributed by atoms with Crippen molar-refractivity contribution >= 4 is 0 Å². The van der Waals surface area contributed by atoms with E-state index in [0.717, 1.165) is 5.56 Å². The molecule has 0 bridgehead atoms. The molecule has 1 aromatic rings. The third kappa shape index (κ3) is 2.34. The van der Waals surface area contributed by atoms with Crippen molar-refractivity contribution in [2.75, 3.05) is 6.61 Å². The first-order valence-corrected chi connectivity index (χ1v) is 4.57. The minimum atomic E-state index is -0.279. The van der Waals surface area contributed by atoms with Gasteiger partial charge in [0.15, 0.2) is 0 Å². The summed E-state index contributed by atoms with van der Waals surface area (Å²) in [6.45, 7) is 9.92. The van der Waals surface area contributed by atoms with Gasteiger partial charge in [0.2, 0.25) is 0 Å². The first kappa shape index (κ1) is 10.8. The van der Waals surface area contributed by atoms with Gasteiger partial charge in [0, 0.05) is 11.5 Å². The van der Waals surface area contributed by atoms with Crippen LogP contribution in [0.15, 0.2) is 30.9 Å². The van der Waals surface area contributed by atoms with Crippen molar-refractivity contribution in [2.45, 2.75) is 12.8 Å². The van der Waals surface area contributed by atoms with E-state index < -0.39 is 0 Å². The van der Waals surface area contributed by atoms with Crippen LogP contribution in [0.25, 0.3) is 0 Å². The summed E-state index contributed by atoms with van der Waals surface area (Å²) in [6, 6.07) is 4.44. The maximum absolute atomic E-state index is 13.0. The number of benzene rings is 1. The SMILES string of the molecule is [CH2]C(C=C)c1cc(F)ccc1OCC. The minimum absolute atomic E-state index is 0.146. The monoisotopic (exact) mass is 193 g/mol. The number of rotatable bonds is 4. The largest absolute Gasteiger partial charge is 0.494 e. The molecule has 0 N–H and O–H groups in total. The van der Waals surface area contributed by atoms with Gasteiger partial charge in [-0.25, -0.2) is 4.39 Å². The average molecular weight is 193 g/mol. The summed E-state index contributed by atoms with van der Waals surface area (Å²) in [5, 5.41) is 0. The van der Waals surface area contributed by atoms with E-state index in [0.29, 0.717) is 12.4 Å². The minimum Gasteiger partial charge on any atom is -0.494 e. The van der Waals surface area contributed by atoms with Crippen LogP contribution in [0.3, 0.4) is 0 Å². The molecule has 0 aliphatic heterocycles. The second-order valence-electron chi connectivity index (χ2n) is 2.96. The van der Waals surface area contributed by atoms with E-state index in [1.54, 1.807) is 12.1 Å². The van der Waals surface area contributed by atoms with E-state index in [1.807, 2.05) is 6.92 Å². The second-order valence-corrected chi connectivity index (χ2v) is 2.96. The highest BCUT2D eigenvalue weighted by atomic mass is 19.1. The number of hydrogen-bond acceptors (Lipinski definition) is 1. The molecule has 1 radical (unpaired) electrons. The zero-order valence-electron chi connectivity index (χ0n) is 8.29. The van der Waals surface area contributed by atoms with Gasteiger partial charge in [-0.05, 0) is 32.0 Å². The molecule has 1 atom stereocenters. The summed E-state index contributed by atoms with van der Waals surface area (Å²) < 4.78 is 18.3. The quantitative estimate of drug-likeness (QED) is 0.666. The van der Waals surface area contributed by atoms with Crippen LogP contribution < -0.4 is 4.74 Å². The van der Waals surface area contributed by atoms with Gasteiger partial charge in [0.25, 0.3) is 0 Å². The van der Waals surface area contributed by atoms with Gasteiger partial charge in [-0.1, -0.05) is 6.08 Å². The molecule has 1 unspecified atom stereocenters. The van der Waals surface area contributed by atoms with Crippen molar-refractivity contribution in [2.24, 2.45) is 0 Å². The first-order valence-electron chi connectivity index (χ1n) is 4.57. The lowest BCUT2D eigenvalue weighted by molar-refractivity contribution is 0.335. The van der Waals surface area contributed by atoms with Crippen molar-refractivity contribution in [3.05, 3.63) is 49.2 Å². The number of allylic oxidation sites excluding steroid dienone is 1. The molecule has 1 rings (SSSR count). The van der Waals surface area contributed by atoms with Gasteiger partial charge in [-0.2, -0.15) is 0 Å². The Bertz CT molecular complexity index is 320. The van der Waals surface area contributed by atoms with Crippen molar-refractivity contribution < 1.29 is 9.13 Å². The number of halogens is 1. The fourth-order valence-electron chi connectivity index (χ4n) is 1.22. The van der Waals surface area contributed by atoms with Crippen LogP contribution in [0.4, 0.5) is 4.39 Å². The molecule has 75 valence electrons. The third-order valence-corrected chi connectivity index (χ3v) is 1.96. The molecule has 0 aliphatic carbocycles. The molecule has 1 aromatic carbocycles. The second kappa shape index (κ2) is 4.80. The Balaban J connectivity index is 3.08. The van der Waals surface area contributed by atoms with E-state index >= 15 is 0 Å². The average Bonchev–Trinajstić information content (AvgIpc) is 2.20. The summed E-state index contributed by atoms with van der Waals surface area (Å²) in [7, 11) is 0. The van der Waals surface area contributed by atoms with E-state index in [2.05, 4.69) is 13.5 Å². The van der Waals surface area contributed by atoms with Gasteiger partial charge in [-0.15, -0.1) is 6.58 Å². The standard InChI is InChI=1S/C12H14FO/c1-4-9(3)11-8-10(13)6-7-12(11)14-5-2/h4,6-9H,1,3,5H2,2H3. The molecule has 0 saturated carbocycles. The van der Waals surface area contributed by atoms with Crippen LogP contribution in [0.2, 0.25) is 0 Å². The van der Waals surface area contributed by atoms with Gasteiger partial charge in [0.05, 0.1) is 6.61 Å². The van der Waals surface area contributed by atoms with Crippen molar-refractivity contribution in [3.8, 4) is 5.75 Å². The van der Waals surface area contributed by atoms with Crippen LogP contribution >= 0.6 is 0 Å². The molecular weight excluding hydrogens is 179 g/mol. The molecule has 1 nitrogen and oxygen atoms in total. The topological polar surface area (TPSA) is 9.23 Å². The summed E-state index contributed by atoms with van der Waals surface area (Å²) in [5.41, 5.74) is 0.738. The van der Waals surface area contributed by atoms with E-state index in [4.69, 9.17) is 4.74 Å². The summed E-state index contributed by atoms with van der Waals surface area (Å²) in [5.74, 6) is 0.250. The Labute approximate surface area is 84.2 Å². The van der Waals surface area contributed by atoms with Gasteiger partial charge < -0.3 is 4.74 Å². The van der Waals surface area contributed by atoms with Crippen molar-refractivity contribution in [3.63, 3.8) is 0 Å². The molecule has 0 amide bonds. The van der Waals surface area contributed by atoms with Crippen LogP contribution in [0, 0.1) is 12.7 Å². The third-order valence-electron chi connectivity index (χ3n) is 1.96. The Morgan fingerprint density at radius 1 is 1.57 bits per heavy atom. The Kier molecular flexibility index (Phi) is 3.69. The first-order chi connectivity index (χ1) is 6.69. The maximum atomic E-state index is 13.0. The number of hydrogen-bond donors (Lipinski definition) is 0. The summed E-state index contributed by atoms with van der Waals surface area (Å²) in [4.78, 5) is 0. The summed E-state index contributed by atoms with van der Waals surface area (Å²) in [6.07, 6.45) is 1.66. The van der Waals surface area contributed by atoms with Crippen LogP contribution in [0.1, 0.15) is 18.4 Å². The summed E-state index contributed by atoms with van der Waals surface area (Å²) >= 11 is 0. The fraction of sp³-hybridized carbons (Fsp3) is 0.250. The Hall–Kier alpha value is -1.31. The van der Waals surface area contributed by atoms with Crippen LogP contribution in [-0.2, 0) is 0 Å².